The normalized spacial score (nSPS) is 10.4. The van der Waals surface area contributed by atoms with Gasteiger partial charge in [0, 0.05) is 18.0 Å². The third kappa shape index (κ3) is 4.73. The summed E-state index contributed by atoms with van der Waals surface area (Å²) >= 11 is 5.90. The Hall–Kier alpha value is -2.54. The Morgan fingerprint density at radius 1 is 1.29 bits per heavy atom. The minimum absolute atomic E-state index is 0.0228. The first-order valence-corrected chi connectivity index (χ1v) is 7.98. The molecule has 0 aliphatic carbocycles. The topological polar surface area (TPSA) is 96.2 Å². The number of nitrogens with one attached hydrogen (secondary N) is 2. The summed E-state index contributed by atoms with van der Waals surface area (Å²) in [6, 6.07) is 6.88. The van der Waals surface area contributed by atoms with Crippen molar-refractivity contribution < 1.29 is 14.7 Å². The summed E-state index contributed by atoms with van der Waals surface area (Å²) in [5, 5.41) is 18.9. The maximum Gasteiger partial charge on any atom is 0.319 e. The van der Waals surface area contributed by atoms with Gasteiger partial charge in [0.05, 0.1) is 23.3 Å². The number of carbonyl (C=O) groups excluding carboxylic acids is 1. The monoisotopic (exact) mass is 350 g/mol. The van der Waals surface area contributed by atoms with Crippen molar-refractivity contribution in [3.63, 3.8) is 0 Å². The van der Waals surface area contributed by atoms with Crippen LogP contribution in [0.2, 0.25) is 5.02 Å². The van der Waals surface area contributed by atoms with Gasteiger partial charge in [0.2, 0.25) is 0 Å². The molecule has 0 fully saturated rings. The van der Waals surface area contributed by atoms with Crippen LogP contribution in [0, 0.1) is 0 Å². The Morgan fingerprint density at radius 2 is 2.00 bits per heavy atom. The Bertz CT molecular complexity index is 713. The van der Waals surface area contributed by atoms with Crippen LogP contribution in [0.3, 0.4) is 0 Å². The Balaban J connectivity index is 2.02. The molecule has 2 rings (SSSR count). The first-order chi connectivity index (χ1) is 11.5. The number of anilines is 1. The highest BCUT2D eigenvalue weighted by Gasteiger charge is 2.13. The molecule has 24 heavy (non-hydrogen) atoms. The predicted octanol–water partition coefficient (Wildman–Crippen LogP) is 3.07. The fourth-order valence-electron chi connectivity index (χ4n) is 2.23. The van der Waals surface area contributed by atoms with E-state index in [4.69, 9.17) is 16.7 Å². The second-order valence-electron chi connectivity index (χ2n) is 5.12. The van der Waals surface area contributed by atoms with Crippen molar-refractivity contribution in [2.45, 2.75) is 26.2 Å². The molecule has 1 aromatic heterocycles. The second kappa shape index (κ2) is 8.35. The lowest BCUT2D eigenvalue weighted by molar-refractivity contribution is -0.137. The number of halogens is 1. The largest absolute Gasteiger partial charge is 0.481 e. The molecule has 3 N–H and O–H groups in total. The van der Waals surface area contributed by atoms with Gasteiger partial charge in [-0.2, -0.15) is 5.10 Å². The smallest absolute Gasteiger partial charge is 0.319 e. The van der Waals surface area contributed by atoms with Crippen molar-refractivity contribution in [1.29, 1.82) is 0 Å². The number of benzene rings is 1. The minimum Gasteiger partial charge on any atom is -0.481 e. The zero-order valence-electron chi connectivity index (χ0n) is 13.3. The molecule has 0 spiro atoms. The molecule has 2 amide bonds. The highest BCUT2D eigenvalue weighted by atomic mass is 35.5. The van der Waals surface area contributed by atoms with E-state index in [0.29, 0.717) is 30.1 Å². The molecule has 2 aromatic rings. The lowest BCUT2D eigenvalue weighted by Gasteiger charge is -2.10. The third-order valence-corrected chi connectivity index (χ3v) is 3.63. The number of carbonyl (C=O) groups is 2. The summed E-state index contributed by atoms with van der Waals surface area (Å²) in [5.74, 6) is -0.880. The van der Waals surface area contributed by atoms with E-state index in [1.807, 2.05) is 19.1 Å². The summed E-state index contributed by atoms with van der Waals surface area (Å²) in [7, 11) is 0. The first kappa shape index (κ1) is 17.8. The van der Waals surface area contributed by atoms with Crippen molar-refractivity contribution in [3.05, 3.63) is 41.2 Å². The number of amides is 2. The van der Waals surface area contributed by atoms with Crippen LogP contribution in [0.5, 0.6) is 0 Å². The maximum absolute atomic E-state index is 11.9. The van der Waals surface area contributed by atoms with E-state index in [1.165, 1.54) is 0 Å². The molecule has 0 unspecified atom stereocenters. The molecule has 128 valence electrons. The fraction of sp³-hybridized carbons (Fsp3) is 0.312. The van der Waals surface area contributed by atoms with Crippen LogP contribution < -0.4 is 10.6 Å². The summed E-state index contributed by atoms with van der Waals surface area (Å²) < 4.78 is 1.75. The Kier molecular flexibility index (Phi) is 6.20. The molecule has 0 saturated heterocycles. The average Bonchev–Trinajstić information content (AvgIpc) is 2.94. The number of nitrogens with zero attached hydrogens (tertiary/aromatic N) is 2. The summed E-state index contributed by atoms with van der Waals surface area (Å²) in [4.78, 5) is 22.3. The molecule has 0 atom stereocenters. The number of urea groups is 1. The number of aliphatic carboxylic acids is 1. The van der Waals surface area contributed by atoms with Crippen molar-refractivity contribution in [1.82, 2.24) is 15.1 Å². The van der Waals surface area contributed by atoms with Gasteiger partial charge in [0.15, 0.2) is 0 Å². The van der Waals surface area contributed by atoms with E-state index >= 15 is 0 Å². The number of hydrogen-bond acceptors (Lipinski definition) is 3. The number of aromatic nitrogens is 2. The highest BCUT2D eigenvalue weighted by Crippen LogP contribution is 2.21. The molecule has 0 bridgehead atoms. The molecule has 8 heteroatoms. The van der Waals surface area contributed by atoms with E-state index in [9.17, 15) is 9.59 Å². The first-order valence-electron chi connectivity index (χ1n) is 7.60. The van der Waals surface area contributed by atoms with Gasteiger partial charge in [0.1, 0.15) is 0 Å². The summed E-state index contributed by atoms with van der Waals surface area (Å²) in [6.07, 6.45) is 2.67. The summed E-state index contributed by atoms with van der Waals surface area (Å²) in [5.41, 5.74) is 2.33. The third-order valence-electron chi connectivity index (χ3n) is 3.38. The van der Waals surface area contributed by atoms with Crippen LogP contribution in [0.4, 0.5) is 10.5 Å². The molecule has 1 aromatic carbocycles. The molecule has 0 aliphatic heterocycles. The van der Waals surface area contributed by atoms with Crippen LogP contribution in [-0.4, -0.2) is 33.4 Å². The number of hydrogen-bond donors (Lipinski definition) is 3. The number of carboxylic acids is 1. The zero-order valence-corrected chi connectivity index (χ0v) is 14.0. The van der Waals surface area contributed by atoms with Gasteiger partial charge >= 0.3 is 12.0 Å². The van der Waals surface area contributed by atoms with Crippen molar-refractivity contribution in [2.75, 3.05) is 11.9 Å². The zero-order chi connectivity index (χ0) is 17.5. The SMILES string of the molecule is CCc1c(NC(=O)NCCCC(=O)O)cnn1-c1ccc(Cl)cc1. The molecule has 1 heterocycles. The van der Waals surface area contributed by atoms with E-state index in [-0.39, 0.29) is 12.5 Å². The highest BCUT2D eigenvalue weighted by molar-refractivity contribution is 6.30. The average molecular weight is 351 g/mol. The molecular formula is C16H19ClN4O3. The summed E-state index contributed by atoms with van der Waals surface area (Å²) in [6.45, 7) is 2.27. The van der Waals surface area contributed by atoms with Crippen molar-refractivity contribution in [3.8, 4) is 5.69 Å². The van der Waals surface area contributed by atoms with Crippen molar-refractivity contribution >= 4 is 29.3 Å². The number of rotatable bonds is 7. The van der Waals surface area contributed by atoms with Crippen LogP contribution in [-0.2, 0) is 11.2 Å². The standard InChI is InChI=1S/C16H19ClN4O3/c1-2-14-13(20-16(24)18-9-3-4-15(22)23)10-19-21(14)12-7-5-11(17)6-8-12/h5-8,10H,2-4,9H2,1H3,(H,22,23)(H2,18,20,24). The lowest BCUT2D eigenvalue weighted by Crippen LogP contribution is -2.30. The Labute approximate surface area is 144 Å². The minimum atomic E-state index is -0.880. The lowest BCUT2D eigenvalue weighted by atomic mass is 10.2. The van der Waals surface area contributed by atoms with Gasteiger partial charge in [-0.3, -0.25) is 4.79 Å². The van der Waals surface area contributed by atoms with Crippen molar-refractivity contribution in [2.24, 2.45) is 0 Å². The quantitative estimate of drug-likeness (QED) is 0.668. The van der Waals surface area contributed by atoms with Crippen LogP contribution >= 0.6 is 11.6 Å². The van der Waals surface area contributed by atoms with Gasteiger partial charge in [-0.05, 0) is 37.1 Å². The predicted molar refractivity (Wildman–Crippen MR) is 91.8 cm³/mol. The van der Waals surface area contributed by atoms with Crippen LogP contribution in [0.1, 0.15) is 25.5 Å². The van der Waals surface area contributed by atoms with Gasteiger partial charge in [-0.25, -0.2) is 9.48 Å². The van der Waals surface area contributed by atoms with E-state index in [0.717, 1.165) is 11.4 Å². The number of carboxylic acid groups (broad SMARTS) is 1. The van der Waals surface area contributed by atoms with Crippen LogP contribution in [0.25, 0.3) is 5.69 Å². The van der Waals surface area contributed by atoms with Gasteiger partial charge in [0.25, 0.3) is 0 Å². The Morgan fingerprint density at radius 3 is 2.62 bits per heavy atom. The molecule has 0 radical (unpaired) electrons. The molecule has 0 aliphatic rings. The maximum atomic E-state index is 11.9. The van der Waals surface area contributed by atoms with Gasteiger partial charge in [-0.15, -0.1) is 0 Å². The van der Waals surface area contributed by atoms with E-state index in [1.54, 1.807) is 23.0 Å². The molecule has 7 nitrogen and oxygen atoms in total. The van der Waals surface area contributed by atoms with E-state index < -0.39 is 5.97 Å². The van der Waals surface area contributed by atoms with Gasteiger partial charge < -0.3 is 15.7 Å². The van der Waals surface area contributed by atoms with Gasteiger partial charge in [-0.1, -0.05) is 18.5 Å². The molecule has 0 saturated carbocycles. The second-order valence-corrected chi connectivity index (χ2v) is 5.56. The fourth-order valence-corrected chi connectivity index (χ4v) is 2.36. The van der Waals surface area contributed by atoms with Crippen LogP contribution in [0.15, 0.2) is 30.5 Å². The molecular weight excluding hydrogens is 332 g/mol. The van der Waals surface area contributed by atoms with E-state index in [2.05, 4.69) is 15.7 Å².